The fourth-order valence-corrected chi connectivity index (χ4v) is 1.36. The van der Waals surface area contributed by atoms with Gasteiger partial charge in [-0.25, -0.2) is 0 Å². The van der Waals surface area contributed by atoms with Gasteiger partial charge in [-0.1, -0.05) is 0 Å². The van der Waals surface area contributed by atoms with Crippen LogP contribution in [0.25, 0.3) is 0 Å². The lowest BCUT2D eigenvalue weighted by Gasteiger charge is -2.14. The number of hydrogen-bond donors (Lipinski definition) is 1. The zero-order chi connectivity index (χ0) is 11.9. The molecule has 1 aromatic heterocycles. The average Bonchev–Trinajstić information content (AvgIpc) is 2.30. The molecule has 3 nitrogen and oxygen atoms in total. The summed E-state index contributed by atoms with van der Waals surface area (Å²) in [7, 11) is 0. The minimum absolute atomic E-state index is 0.219. The molecule has 0 aliphatic rings. The van der Waals surface area contributed by atoms with Gasteiger partial charge in [0.15, 0.2) is 0 Å². The molecule has 0 amide bonds. The number of nitrogens with one attached hydrogen (secondary N) is 1. The molecular weight excluding hydrogens is 198 g/mol. The molecule has 0 unspecified atom stereocenters. The SMILES string of the molecule is CC(C)(C#N)CCNCCc1ccncc1. The van der Waals surface area contributed by atoms with Crippen LogP contribution in [0, 0.1) is 16.7 Å². The second kappa shape index (κ2) is 6.24. The van der Waals surface area contributed by atoms with Crippen molar-refractivity contribution in [1.82, 2.24) is 10.3 Å². The fraction of sp³-hybridized carbons (Fsp3) is 0.538. The Morgan fingerprint density at radius 1 is 1.31 bits per heavy atom. The van der Waals surface area contributed by atoms with Crippen LogP contribution >= 0.6 is 0 Å². The Labute approximate surface area is 97.5 Å². The van der Waals surface area contributed by atoms with E-state index in [1.165, 1.54) is 5.56 Å². The first-order valence-electron chi connectivity index (χ1n) is 5.65. The molecule has 1 N–H and O–H groups in total. The maximum Gasteiger partial charge on any atom is 0.0684 e. The molecule has 0 saturated carbocycles. The highest BCUT2D eigenvalue weighted by Crippen LogP contribution is 2.16. The Balaban J connectivity index is 2.12. The Kier molecular flexibility index (Phi) is 4.94. The highest BCUT2D eigenvalue weighted by atomic mass is 14.8. The monoisotopic (exact) mass is 217 g/mol. The van der Waals surface area contributed by atoms with E-state index in [-0.39, 0.29) is 5.41 Å². The lowest BCUT2D eigenvalue weighted by atomic mass is 9.91. The summed E-state index contributed by atoms with van der Waals surface area (Å²) >= 11 is 0. The standard InChI is InChI=1S/C13H19N3/c1-13(2,11-14)6-10-16-9-5-12-3-7-15-8-4-12/h3-4,7-8,16H,5-6,9-10H2,1-2H3. The van der Waals surface area contributed by atoms with Crippen LogP contribution in [0.2, 0.25) is 0 Å². The van der Waals surface area contributed by atoms with Crippen molar-refractivity contribution in [2.24, 2.45) is 5.41 Å². The zero-order valence-electron chi connectivity index (χ0n) is 10.0. The third kappa shape index (κ3) is 4.90. The van der Waals surface area contributed by atoms with Crippen LogP contribution in [0.5, 0.6) is 0 Å². The van der Waals surface area contributed by atoms with Crippen LogP contribution in [0.3, 0.4) is 0 Å². The van der Waals surface area contributed by atoms with Crippen LogP contribution in [0.4, 0.5) is 0 Å². The van der Waals surface area contributed by atoms with Crippen molar-refractivity contribution in [2.75, 3.05) is 13.1 Å². The second-order valence-electron chi connectivity index (χ2n) is 4.60. The van der Waals surface area contributed by atoms with Gasteiger partial charge in [0.2, 0.25) is 0 Å². The molecule has 0 bridgehead atoms. The molecule has 1 heterocycles. The van der Waals surface area contributed by atoms with E-state index in [1.807, 2.05) is 38.4 Å². The van der Waals surface area contributed by atoms with Gasteiger partial charge >= 0.3 is 0 Å². The van der Waals surface area contributed by atoms with Gasteiger partial charge in [-0.15, -0.1) is 0 Å². The molecule has 1 aromatic rings. The van der Waals surface area contributed by atoms with E-state index in [0.717, 1.165) is 25.9 Å². The molecule has 16 heavy (non-hydrogen) atoms. The molecule has 0 atom stereocenters. The maximum absolute atomic E-state index is 8.84. The first kappa shape index (κ1) is 12.7. The predicted octanol–water partition coefficient (Wildman–Crippen LogP) is 2.15. The van der Waals surface area contributed by atoms with Gasteiger partial charge < -0.3 is 5.32 Å². The quantitative estimate of drug-likeness (QED) is 0.743. The number of rotatable bonds is 6. The normalized spacial score (nSPS) is 11.1. The number of hydrogen-bond acceptors (Lipinski definition) is 3. The molecule has 0 aliphatic carbocycles. The first-order valence-corrected chi connectivity index (χ1v) is 5.65. The molecule has 0 spiro atoms. The Morgan fingerprint density at radius 2 is 2.00 bits per heavy atom. The summed E-state index contributed by atoms with van der Waals surface area (Å²) in [5, 5.41) is 12.2. The lowest BCUT2D eigenvalue weighted by Crippen LogP contribution is -2.23. The summed E-state index contributed by atoms with van der Waals surface area (Å²) in [6.45, 7) is 5.78. The van der Waals surface area contributed by atoms with Gasteiger partial charge in [0, 0.05) is 12.4 Å². The van der Waals surface area contributed by atoms with E-state index in [9.17, 15) is 0 Å². The van der Waals surface area contributed by atoms with Crippen molar-refractivity contribution in [2.45, 2.75) is 26.7 Å². The van der Waals surface area contributed by atoms with Crippen molar-refractivity contribution >= 4 is 0 Å². The molecule has 0 fully saturated rings. The van der Waals surface area contributed by atoms with Gasteiger partial charge in [-0.3, -0.25) is 4.98 Å². The van der Waals surface area contributed by atoms with E-state index in [2.05, 4.69) is 16.4 Å². The van der Waals surface area contributed by atoms with Crippen LogP contribution < -0.4 is 5.32 Å². The van der Waals surface area contributed by atoms with E-state index in [4.69, 9.17) is 5.26 Å². The van der Waals surface area contributed by atoms with Gasteiger partial charge in [0.05, 0.1) is 11.5 Å². The highest BCUT2D eigenvalue weighted by Gasteiger charge is 2.14. The predicted molar refractivity (Wildman–Crippen MR) is 64.8 cm³/mol. The Hall–Kier alpha value is -1.40. The first-order chi connectivity index (χ1) is 7.64. The third-order valence-electron chi connectivity index (χ3n) is 2.57. The van der Waals surface area contributed by atoms with Crippen LogP contribution in [0.15, 0.2) is 24.5 Å². The van der Waals surface area contributed by atoms with Gasteiger partial charge in [0.1, 0.15) is 0 Å². The van der Waals surface area contributed by atoms with E-state index in [1.54, 1.807) is 0 Å². The Morgan fingerprint density at radius 3 is 2.62 bits per heavy atom. The van der Waals surface area contributed by atoms with E-state index < -0.39 is 0 Å². The molecule has 0 radical (unpaired) electrons. The van der Waals surface area contributed by atoms with E-state index in [0.29, 0.717) is 0 Å². The summed E-state index contributed by atoms with van der Waals surface area (Å²) in [5.41, 5.74) is 1.07. The van der Waals surface area contributed by atoms with Crippen LogP contribution in [-0.2, 0) is 6.42 Å². The third-order valence-corrected chi connectivity index (χ3v) is 2.57. The molecule has 0 aromatic carbocycles. The summed E-state index contributed by atoms with van der Waals surface area (Å²) in [6.07, 6.45) is 5.53. The van der Waals surface area contributed by atoms with Gasteiger partial charge in [-0.05, 0) is 57.5 Å². The summed E-state index contributed by atoms with van der Waals surface area (Å²) in [5.74, 6) is 0. The number of pyridine rings is 1. The fourth-order valence-electron chi connectivity index (χ4n) is 1.36. The van der Waals surface area contributed by atoms with Crippen LogP contribution in [-0.4, -0.2) is 18.1 Å². The molecular formula is C13H19N3. The molecule has 3 heteroatoms. The summed E-state index contributed by atoms with van der Waals surface area (Å²) < 4.78 is 0. The molecule has 86 valence electrons. The highest BCUT2D eigenvalue weighted by molar-refractivity contribution is 5.09. The van der Waals surface area contributed by atoms with Crippen LogP contribution in [0.1, 0.15) is 25.8 Å². The largest absolute Gasteiger partial charge is 0.316 e. The van der Waals surface area contributed by atoms with Crippen molar-refractivity contribution in [3.63, 3.8) is 0 Å². The Bertz CT molecular complexity index is 338. The van der Waals surface area contributed by atoms with E-state index >= 15 is 0 Å². The van der Waals surface area contributed by atoms with Crippen molar-refractivity contribution in [3.8, 4) is 6.07 Å². The average molecular weight is 217 g/mol. The minimum atomic E-state index is -0.219. The summed E-state index contributed by atoms with van der Waals surface area (Å²) in [6, 6.07) is 6.36. The number of nitrogens with zero attached hydrogens (tertiary/aromatic N) is 2. The minimum Gasteiger partial charge on any atom is -0.316 e. The molecule has 1 rings (SSSR count). The lowest BCUT2D eigenvalue weighted by molar-refractivity contribution is 0.434. The molecule has 0 aliphatic heterocycles. The van der Waals surface area contributed by atoms with Crippen molar-refractivity contribution < 1.29 is 0 Å². The zero-order valence-corrected chi connectivity index (χ0v) is 10.0. The summed E-state index contributed by atoms with van der Waals surface area (Å²) in [4.78, 5) is 3.98. The topological polar surface area (TPSA) is 48.7 Å². The smallest absolute Gasteiger partial charge is 0.0684 e. The van der Waals surface area contributed by atoms with Gasteiger partial charge in [0.25, 0.3) is 0 Å². The number of nitriles is 1. The maximum atomic E-state index is 8.84. The van der Waals surface area contributed by atoms with Crippen molar-refractivity contribution in [3.05, 3.63) is 30.1 Å². The second-order valence-corrected chi connectivity index (χ2v) is 4.60. The van der Waals surface area contributed by atoms with Gasteiger partial charge in [-0.2, -0.15) is 5.26 Å². The molecule has 0 saturated heterocycles. The number of aromatic nitrogens is 1. The van der Waals surface area contributed by atoms with Crippen molar-refractivity contribution in [1.29, 1.82) is 5.26 Å².